The fourth-order valence-corrected chi connectivity index (χ4v) is 3.76. The number of hydrogen-bond acceptors (Lipinski definition) is 5. The molecule has 1 amide bonds. The molecule has 0 atom stereocenters. The van der Waals surface area contributed by atoms with Gasteiger partial charge in [-0.15, -0.1) is 0 Å². The fourth-order valence-electron chi connectivity index (χ4n) is 3.76. The van der Waals surface area contributed by atoms with Crippen molar-refractivity contribution in [3.05, 3.63) is 47.8 Å². The van der Waals surface area contributed by atoms with Crippen LogP contribution in [0, 0.1) is 5.82 Å². The Labute approximate surface area is 178 Å². The van der Waals surface area contributed by atoms with Gasteiger partial charge in [0.15, 0.2) is 0 Å². The van der Waals surface area contributed by atoms with E-state index in [1.807, 2.05) is 12.1 Å². The van der Waals surface area contributed by atoms with Gasteiger partial charge < -0.3 is 24.8 Å². The first-order chi connectivity index (χ1) is 14.5. The van der Waals surface area contributed by atoms with Crippen LogP contribution in [0.3, 0.4) is 0 Å². The van der Waals surface area contributed by atoms with Crippen LogP contribution in [0.4, 0.5) is 21.5 Å². The second-order valence-electron chi connectivity index (χ2n) is 7.62. The van der Waals surface area contributed by atoms with Gasteiger partial charge in [0.25, 0.3) is 5.91 Å². The van der Waals surface area contributed by atoms with Crippen molar-refractivity contribution in [3.63, 3.8) is 0 Å². The third kappa shape index (κ3) is 4.61. The van der Waals surface area contributed by atoms with Gasteiger partial charge in [-0.05, 0) is 30.7 Å². The number of halogens is 1. The smallest absolute Gasteiger partial charge is 0.255 e. The van der Waals surface area contributed by atoms with Crippen molar-refractivity contribution >= 4 is 23.0 Å². The molecule has 1 aliphatic heterocycles. The summed E-state index contributed by atoms with van der Waals surface area (Å²) in [6.45, 7) is 6.05. The van der Waals surface area contributed by atoms with E-state index in [0.29, 0.717) is 11.3 Å². The lowest BCUT2D eigenvalue weighted by Crippen LogP contribution is -2.47. The minimum absolute atomic E-state index is 0.00913. The highest BCUT2D eigenvalue weighted by Gasteiger charge is 2.24. The predicted octanol–water partition coefficient (Wildman–Crippen LogP) is 3.68. The molecule has 162 valence electrons. The number of anilines is 3. The van der Waals surface area contributed by atoms with Crippen LogP contribution >= 0.6 is 0 Å². The standard InChI is InChI=1S/C23H31FN4O2/c1-5-11-25-22-18(23(29)26(2)3)7-6-8-20(22)28-14-12-27(13-15-28)19-10-9-17(24)16-21(19)30-4/h6-10,16,25H,5,11-15H2,1-4H3. The van der Waals surface area contributed by atoms with Gasteiger partial charge in [0.1, 0.15) is 11.6 Å². The van der Waals surface area contributed by atoms with Gasteiger partial charge in [0.2, 0.25) is 0 Å². The number of rotatable bonds is 7. The molecule has 0 bridgehead atoms. The lowest BCUT2D eigenvalue weighted by atomic mass is 10.1. The molecule has 0 saturated carbocycles. The molecule has 0 aliphatic carbocycles. The van der Waals surface area contributed by atoms with Gasteiger partial charge in [0, 0.05) is 52.9 Å². The van der Waals surface area contributed by atoms with Gasteiger partial charge in [-0.2, -0.15) is 0 Å². The molecule has 1 heterocycles. The van der Waals surface area contributed by atoms with Crippen molar-refractivity contribution in [2.24, 2.45) is 0 Å². The summed E-state index contributed by atoms with van der Waals surface area (Å²) in [5, 5.41) is 3.47. The SMILES string of the molecule is CCCNc1c(C(=O)N(C)C)cccc1N1CCN(c2ccc(F)cc2OC)CC1. The highest BCUT2D eigenvalue weighted by Crippen LogP contribution is 2.34. The van der Waals surface area contributed by atoms with Crippen LogP contribution < -0.4 is 19.9 Å². The average molecular weight is 415 g/mol. The van der Waals surface area contributed by atoms with Crippen LogP contribution in [0.2, 0.25) is 0 Å². The highest BCUT2D eigenvalue weighted by molar-refractivity contribution is 6.02. The quantitative estimate of drug-likeness (QED) is 0.749. The number of nitrogens with zero attached hydrogens (tertiary/aromatic N) is 3. The monoisotopic (exact) mass is 414 g/mol. The molecule has 1 saturated heterocycles. The zero-order chi connectivity index (χ0) is 21.7. The Kier molecular flexibility index (Phi) is 7.03. The zero-order valence-electron chi connectivity index (χ0n) is 18.2. The normalized spacial score (nSPS) is 13.9. The number of methoxy groups -OCH3 is 1. The number of piperazine rings is 1. The van der Waals surface area contributed by atoms with Gasteiger partial charge in [-0.3, -0.25) is 4.79 Å². The van der Waals surface area contributed by atoms with Crippen LogP contribution in [0.15, 0.2) is 36.4 Å². The molecule has 0 radical (unpaired) electrons. The summed E-state index contributed by atoms with van der Waals surface area (Å²) in [6, 6.07) is 10.5. The molecular formula is C23H31FN4O2. The highest BCUT2D eigenvalue weighted by atomic mass is 19.1. The number of carbonyl (C=O) groups is 1. The number of ether oxygens (including phenoxy) is 1. The van der Waals surface area contributed by atoms with Crippen LogP contribution in [0.5, 0.6) is 5.75 Å². The van der Waals surface area contributed by atoms with E-state index < -0.39 is 0 Å². The second-order valence-corrected chi connectivity index (χ2v) is 7.62. The Morgan fingerprint density at radius 2 is 1.77 bits per heavy atom. The second kappa shape index (κ2) is 9.69. The Balaban J connectivity index is 1.83. The van der Waals surface area contributed by atoms with Gasteiger partial charge in [-0.25, -0.2) is 4.39 Å². The molecule has 3 rings (SSSR count). The molecular weight excluding hydrogens is 383 g/mol. The minimum Gasteiger partial charge on any atom is -0.494 e. The summed E-state index contributed by atoms with van der Waals surface area (Å²) < 4.78 is 18.9. The molecule has 2 aromatic carbocycles. The van der Waals surface area contributed by atoms with Crippen LogP contribution in [0.1, 0.15) is 23.7 Å². The summed E-state index contributed by atoms with van der Waals surface area (Å²) in [7, 11) is 5.11. The maximum absolute atomic E-state index is 13.5. The Morgan fingerprint density at radius 3 is 2.37 bits per heavy atom. The molecule has 2 aromatic rings. The van der Waals surface area contributed by atoms with E-state index in [1.165, 1.54) is 12.1 Å². The van der Waals surface area contributed by atoms with E-state index in [1.54, 1.807) is 32.2 Å². The van der Waals surface area contributed by atoms with E-state index in [2.05, 4.69) is 28.1 Å². The lowest BCUT2D eigenvalue weighted by molar-refractivity contribution is 0.0828. The first-order valence-electron chi connectivity index (χ1n) is 10.4. The summed E-state index contributed by atoms with van der Waals surface area (Å²) in [5.41, 5.74) is 3.53. The Hall–Kier alpha value is -2.96. The van der Waals surface area contributed by atoms with Crippen LogP contribution in [-0.2, 0) is 0 Å². The summed E-state index contributed by atoms with van der Waals surface area (Å²) in [4.78, 5) is 18.8. The Bertz CT molecular complexity index is 880. The van der Waals surface area contributed by atoms with Crippen molar-refractivity contribution in [2.75, 3.05) is 69.0 Å². The molecule has 6 nitrogen and oxygen atoms in total. The van der Waals surface area contributed by atoms with Gasteiger partial charge in [0.05, 0.1) is 29.7 Å². The molecule has 0 unspecified atom stereocenters. The summed E-state index contributed by atoms with van der Waals surface area (Å²) in [5.74, 6) is 0.237. The first kappa shape index (κ1) is 21.7. The molecule has 0 spiro atoms. The largest absolute Gasteiger partial charge is 0.494 e. The predicted molar refractivity (Wildman–Crippen MR) is 121 cm³/mol. The maximum atomic E-state index is 13.5. The molecule has 1 N–H and O–H groups in total. The number of nitrogens with one attached hydrogen (secondary N) is 1. The van der Waals surface area contributed by atoms with E-state index in [-0.39, 0.29) is 11.7 Å². The van der Waals surface area contributed by atoms with E-state index in [0.717, 1.165) is 56.2 Å². The lowest BCUT2D eigenvalue weighted by Gasteiger charge is -2.39. The fraction of sp³-hybridized carbons (Fsp3) is 0.435. The van der Waals surface area contributed by atoms with Crippen LogP contribution in [-0.4, -0.2) is 64.7 Å². The van der Waals surface area contributed by atoms with E-state index >= 15 is 0 Å². The summed E-state index contributed by atoms with van der Waals surface area (Å²) >= 11 is 0. The molecule has 1 aliphatic rings. The zero-order valence-corrected chi connectivity index (χ0v) is 18.2. The van der Waals surface area contributed by atoms with Crippen molar-refractivity contribution in [2.45, 2.75) is 13.3 Å². The third-order valence-electron chi connectivity index (χ3n) is 5.33. The van der Waals surface area contributed by atoms with E-state index in [4.69, 9.17) is 4.74 Å². The number of carbonyl (C=O) groups excluding carboxylic acids is 1. The average Bonchev–Trinajstić information content (AvgIpc) is 2.77. The summed E-state index contributed by atoms with van der Waals surface area (Å²) in [6.07, 6.45) is 0.974. The van der Waals surface area contributed by atoms with Crippen molar-refractivity contribution in [3.8, 4) is 5.75 Å². The topological polar surface area (TPSA) is 48.1 Å². The number of para-hydroxylation sites is 1. The van der Waals surface area contributed by atoms with Gasteiger partial charge in [-0.1, -0.05) is 13.0 Å². The van der Waals surface area contributed by atoms with E-state index in [9.17, 15) is 9.18 Å². The first-order valence-corrected chi connectivity index (χ1v) is 10.4. The van der Waals surface area contributed by atoms with Crippen molar-refractivity contribution in [1.29, 1.82) is 0 Å². The number of amides is 1. The molecule has 0 aromatic heterocycles. The maximum Gasteiger partial charge on any atom is 0.255 e. The molecule has 30 heavy (non-hydrogen) atoms. The van der Waals surface area contributed by atoms with Crippen molar-refractivity contribution < 1.29 is 13.9 Å². The third-order valence-corrected chi connectivity index (χ3v) is 5.33. The number of hydrogen-bond donors (Lipinski definition) is 1. The van der Waals surface area contributed by atoms with Crippen molar-refractivity contribution in [1.82, 2.24) is 4.90 Å². The molecule has 7 heteroatoms. The van der Waals surface area contributed by atoms with Gasteiger partial charge >= 0.3 is 0 Å². The molecule has 1 fully saturated rings. The minimum atomic E-state index is -0.303. The Morgan fingerprint density at radius 1 is 1.10 bits per heavy atom. The van der Waals surface area contributed by atoms with Crippen LogP contribution in [0.25, 0.3) is 0 Å². The number of benzene rings is 2.